The van der Waals surface area contributed by atoms with Crippen LogP contribution in [0.25, 0.3) is 0 Å². The van der Waals surface area contributed by atoms with Gasteiger partial charge in [0.05, 0.1) is 0 Å². The number of benzene rings is 1. The summed E-state index contributed by atoms with van der Waals surface area (Å²) in [7, 11) is 0. The smallest absolute Gasteiger partial charge is 0.352 e. The van der Waals surface area contributed by atoms with Gasteiger partial charge in [0.25, 0.3) is 0 Å². The van der Waals surface area contributed by atoms with Crippen molar-refractivity contribution in [1.82, 2.24) is 14.5 Å². The summed E-state index contributed by atoms with van der Waals surface area (Å²) in [6.07, 6.45) is 1.49. The van der Waals surface area contributed by atoms with Crippen LogP contribution in [0.2, 0.25) is 0 Å². The third kappa shape index (κ3) is 4.03. The fourth-order valence-electron chi connectivity index (χ4n) is 3.08. The molecule has 0 bridgehead atoms. The van der Waals surface area contributed by atoms with Gasteiger partial charge in [-0.15, -0.1) is 0 Å². The number of aromatic nitrogens is 3. The fraction of sp³-hybridized carbons (Fsp3) is 0.250. The largest absolute Gasteiger partial charge is 0.473 e. The van der Waals surface area contributed by atoms with Crippen LogP contribution in [0, 0.1) is 18.6 Å². The molecule has 1 aliphatic rings. The molecule has 0 fully saturated rings. The van der Waals surface area contributed by atoms with Crippen molar-refractivity contribution in [3.05, 3.63) is 69.9 Å². The molecule has 0 radical (unpaired) electrons. The molecule has 0 amide bonds. The molecule has 29 heavy (non-hydrogen) atoms. The molecule has 1 aliphatic heterocycles. The summed E-state index contributed by atoms with van der Waals surface area (Å²) in [5, 5.41) is 3.13. The first-order valence-corrected chi connectivity index (χ1v) is 8.98. The van der Waals surface area contributed by atoms with Crippen LogP contribution < -0.4 is 20.5 Å². The second-order valence-electron chi connectivity index (χ2n) is 6.83. The highest BCUT2D eigenvalue weighted by Crippen LogP contribution is 2.29. The van der Waals surface area contributed by atoms with Gasteiger partial charge in [-0.3, -0.25) is 9.55 Å². The first kappa shape index (κ1) is 18.9. The van der Waals surface area contributed by atoms with Crippen molar-refractivity contribution in [3.8, 4) is 17.4 Å². The molecule has 3 aromatic rings. The quantitative estimate of drug-likeness (QED) is 0.707. The predicted molar refractivity (Wildman–Crippen MR) is 101 cm³/mol. The maximum absolute atomic E-state index is 14.4. The van der Waals surface area contributed by atoms with Crippen LogP contribution in [0.5, 0.6) is 17.4 Å². The first-order chi connectivity index (χ1) is 13.9. The summed E-state index contributed by atoms with van der Waals surface area (Å²) in [6, 6.07) is 7.01. The fourth-order valence-corrected chi connectivity index (χ4v) is 3.08. The summed E-state index contributed by atoms with van der Waals surface area (Å²) >= 11 is 0. The van der Waals surface area contributed by atoms with Crippen LogP contribution in [0.15, 0.2) is 41.3 Å². The Morgan fingerprint density at radius 3 is 2.72 bits per heavy atom. The Morgan fingerprint density at radius 2 is 2.00 bits per heavy atom. The Kier molecular flexibility index (Phi) is 4.87. The van der Waals surface area contributed by atoms with E-state index in [-0.39, 0.29) is 29.8 Å². The molecular formula is C20H18F2N4O3. The van der Waals surface area contributed by atoms with Crippen molar-refractivity contribution in [1.29, 1.82) is 0 Å². The Bertz CT molecular complexity index is 1110. The van der Waals surface area contributed by atoms with E-state index in [1.54, 1.807) is 19.1 Å². The second kappa shape index (κ2) is 7.50. The summed E-state index contributed by atoms with van der Waals surface area (Å²) in [6.45, 7) is 4.05. The number of pyridine rings is 1. The molecule has 0 saturated heterocycles. The number of nitrogens with zero attached hydrogens (tertiary/aromatic N) is 3. The minimum atomic E-state index is -0.865. The number of ether oxygens (including phenoxy) is 2. The molecular weight excluding hydrogens is 382 g/mol. The summed E-state index contributed by atoms with van der Waals surface area (Å²) in [5.74, 6) is -1.28. The zero-order valence-corrected chi connectivity index (χ0v) is 15.8. The predicted octanol–water partition coefficient (Wildman–Crippen LogP) is 3.41. The topological polar surface area (TPSA) is 78.3 Å². The van der Waals surface area contributed by atoms with Crippen molar-refractivity contribution in [2.45, 2.75) is 33.0 Å². The minimum Gasteiger partial charge on any atom is -0.473 e. The number of hydrogen-bond acceptors (Lipinski definition) is 6. The molecule has 0 aliphatic carbocycles. The van der Waals surface area contributed by atoms with E-state index in [1.165, 1.54) is 16.8 Å². The van der Waals surface area contributed by atoms with Gasteiger partial charge in [0.2, 0.25) is 5.88 Å². The highest BCUT2D eigenvalue weighted by atomic mass is 19.1. The van der Waals surface area contributed by atoms with E-state index in [9.17, 15) is 13.6 Å². The van der Waals surface area contributed by atoms with Gasteiger partial charge >= 0.3 is 5.69 Å². The highest BCUT2D eigenvalue weighted by molar-refractivity contribution is 5.43. The van der Waals surface area contributed by atoms with Gasteiger partial charge < -0.3 is 14.8 Å². The van der Waals surface area contributed by atoms with Crippen LogP contribution >= 0.6 is 0 Å². The molecule has 1 N–H and O–H groups in total. The second-order valence-corrected chi connectivity index (χ2v) is 6.83. The lowest BCUT2D eigenvalue weighted by atomic mass is 10.2. The lowest BCUT2D eigenvalue weighted by molar-refractivity contribution is 0.289. The van der Waals surface area contributed by atoms with Crippen LogP contribution in [0.1, 0.15) is 18.2 Å². The third-order valence-electron chi connectivity index (χ3n) is 4.37. The van der Waals surface area contributed by atoms with Gasteiger partial charge in [-0.05, 0) is 37.6 Å². The average Bonchev–Trinajstić information content (AvgIpc) is 3.04. The van der Waals surface area contributed by atoms with Gasteiger partial charge in [0.1, 0.15) is 18.2 Å². The summed E-state index contributed by atoms with van der Waals surface area (Å²) in [4.78, 5) is 19.9. The normalized spacial score (nSPS) is 15.0. The molecule has 9 heteroatoms. The molecule has 1 atom stereocenters. The van der Waals surface area contributed by atoms with Gasteiger partial charge in [-0.1, -0.05) is 0 Å². The average molecular weight is 400 g/mol. The summed E-state index contributed by atoms with van der Waals surface area (Å²) < 4.78 is 41.1. The lowest BCUT2D eigenvalue weighted by Crippen LogP contribution is -2.22. The van der Waals surface area contributed by atoms with E-state index in [1.807, 2.05) is 6.92 Å². The minimum absolute atomic E-state index is 0.0799. The lowest BCUT2D eigenvalue weighted by Gasteiger charge is -2.11. The maximum Gasteiger partial charge on any atom is 0.352 e. The molecule has 1 aromatic carbocycles. The van der Waals surface area contributed by atoms with Gasteiger partial charge in [-0.2, -0.15) is 4.98 Å². The maximum atomic E-state index is 14.4. The molecule has 150 valence electrons. The number of rotatable bonds is 5. The van der Waals surface area contributed by atoms with Crippen LogP contribution in [-0.4, -0.2) is 20.6 Å². The zero-order valence-electron chi connectivity index (χ0n) is 15.8. The van der Waals surface area contributed by atoms with Gasteiger partial charge in [0.15, 0.2) is 17.4 Å². The highest BCUT2D eigenvalue weighted by Gasteiger charge is 2.20. The number of fused-ring (bicyclic) bond motifs is 1. The van der Waals surface area contributed by atoms with Crippen molar-refractivity contribution >= 4 is 5.82 Å². The number of anilines is 1. The molecule has 7 nitrogen and oxygen atoms in total. The first-order valence-electron chi connectivity index (χ1n) is 8.98. The van der Waals surface area contributed by atoms with E-state index < -0.39 is 23.1 Å². The van der Waals surface area contributed by atoms with Crippen molar-refractivity contribution < 1.29 is 18.3 Å². The van der Waals surface area contributed by atoms with E-state index in [2.05, 4.69) is 15.3 Å². The Morgan fingerprint density at radius 1 is 1.24 bits per heavy atom. The molecule has 4 rings (SSSR count). The van der Waals surface area contributed by atoms with E-state index in [4.69, 9.17) is 9.47 Å². The van der Waals surface area contributed by atoms with Crippen molar-refractivity contribution in [2.75, 3.05) is 5.32 Å². The third-order valence-corrected chi connectivity index (χ3v) is 4.37. The molecule has 2 aromatic heterocycles. The zero-order chi connectivity index (χ0) is 20.5. The molecule has 0 unspecified atom stereocenters. The van der Waals surface area contributed by atoms with E-state index in [0.717, 1.165) is 12.1 Å². The number of hydrogen-bond donors (Lipinski definition) is 1. The van der Waals surface area contributed by atoms with Crippen LogP contribution in [0.3, 0.4) is 0 Å². The van der Waals surface area contributed by atoms with Crippen molar-refractivity contribution in [2.24, 2.45) is 0 Å². The monoisotopic (exact) mass is 400 g/mol. The number of halogens is 2. The van der Waals surface area contributed by atoms with E-state index in [0.29, 0.717) is 18.1 Å². The van der Waals surface area contributed by atoms with Crippen LogP contribution in [0.4, 0.5) is 14.6 Å². The van der Waals surface area contributed by atoms with Gasteiger partial charge in [-0.25, -0.2) is 13.6 Å². The van der Waals surface area contributed by atoms with Crippen molar-refractivity contribution in [3.63, 3.8) is 0 Å². The Hall–Kier alpha value is -3.49. The van der Waals surface area contributed by atoms with E-state index >= 15 is 0 Å². The number of aryl methyl sites for hydroxylation is 1. The number of nitrogens with one attached hydrogen (secondary N) is 1. The SMILES string of the molecule is Cc1cc(Oc2c(F)cc(COc3cc4n(c(=O)n3)C[C@H](C)N4)cc2F)ccn1. The Balaban J connectivity index is 1.50. The van der Waals surface area contributed by atoms with Gasteiger partial charge in [0, 0.05) is 36.6 Å². The van der Waals surface area contributed by atoms with Crippen LogP contribution in [-0.2, 0) is 13.2 Å². The molecule has 3 heterocycles. The molecule has 0 spiro atoms. The summed E-state index contributed by atoms with van der Waals surface area (Å²) in [5.41, 5.74) is 0.458. The Labute approximate surface area is 165 Å². The molecule has 0 saturated carbocycles. The standard InChI is InChI=1S/C20H18F2N4O3/c1-11-5-14(3-4-23-11)29-19-15(21)6-13(7-16(19)22)10-28-18-8-17-24-12(2)9-26(17)20(27)25-18/h3-8,12,24H,9-10H2,1-2H3/t12-/m0/s1.